The van der Waals surface area contributed by atoms with Crippen molar-refractivity contribution in [2.75, 3.05) is 0 Å². The van der Waals surface area contributed by atoms with E-state index >= 15 is 0 Å². The van der Waals surface area contributed by atoms with Crippen molar-refractivity contribution in [3.05, 3.63) is 70.3 Å². The summed E-state index contributed by atoms with van der Waals surface area (Å²) in [6.07, 6.45) is 5.99. The van der Waals surface area contributed by atoms with E-state index in [2.05, 4.69) is 24.1 Å². The van der Waals surface area contributed by atoms with E-state index in [4.69, 9.17) is 0 Å². The molecule has 0 amide bonds. The van der Waals surface area contributed by atoms with Gasteiger partial charge in [-0.05, 0) is 72.9 Å². The van der Waals surface area contributed by atoms with Gasteiger partial charge in [0.2, 0.25) is 0 Å². The highest BCUT2D eigenvalue weighted by Gasteiger charge is 2.42. The fourth-order valence-electron chi connectivity index (χ4n) is 4.51. The zero-order valence-corrected chi connectivity index (χ0v) is 15.1. The molecule has 1 saturated carbocycles. The first-order chi connectivity index (χ1) is 12.5. The number of allylic oxidation sites excluding steroid dienone is 1. The number of benzene rings is 1. The van der Waals surface area contributed by atoms with Crippen LogP contribution in [0.5, 0.6) is 0 Å². The molecule has 1 aromatic carbocycles. The van der Waals surface area contributed by atoms with Crippen molar-refractivity contribution in [3.63, 3.8) is 0 Å². The second-order valence-corrected chi connectivity index (χ2v) is 7.73. The molecule has 1 aromatic heterocycles. The summed E-state index contributed by atoms with van der Waals surface area (Å²) in [7, 11) is 0. The first kappa shape index (κ1) is 17.4. The van der Waals surface area contributed by atoms with Gasteiger partial charge in [0.05, 0.1) is 17.9 Å². The highest BCUT2D eigenvalue weighted by molar-refractivity contribution is 5.63. The molecule has 3 nitrogen and oxygen atoms in total. The van der Waals surface area contributed by atoms with Gasteiger partial charge in [-0.3, -0.25) is 4.98 Å². The fourth-order valence-corrected chi connectivity index (χ4v) is 4.51. The van der Waals surface area contributed by atoms with Crippen LogP contribution >= 0.6 is 0 Å². The summed E-state index contributed by atoms with van der Waals surface area (Å²) in [5.41, 5.74) is 4.51. The van der Waals surface area contributed by atoms with Crippen LogP contribution in [0.15, 0.2) is 36.5 Å². The number of rotatable bonds is 3. The minimum atomic E-state index is -0.764. The molecule has 2 N–H and O–H groups in total. The molecule has 0 bridgehead atoms. The minimum Gasteiger partial charge on any atom is -0.393 e. The minimum absolute atomic E-state index is 0.0248. The van der Waals surface area contributed by atoms with Crippen LogP contribution in [0.2, 0.25) is 0 Å². The number of halogens is 1. The maximum absolute atomic E-state index is 13.9. The van der Waals surface area contributed by atoms with Crippen molar-refractivity contribution in [1.82, 2.24) is 4.98 Å². The van der Waals surface area contributed by atoms with Crippen molar-refractivity contribution < 1.29 is 14.6 Å². The summed E-state index contributed by atoms with van der Waals surface area (Å²) in [4.78, 5) is 4.54. The van der Waals surface area contributed by atoms with Gasteiger partial charge in [0, 0.05) is 12.1 Å². The number of aryl methyl sites for hydroxylation is 2. The Hall–Kier alpha value is -2.04. The van der Waals surface area contributed by atoms with E-state index in [0.29, 0.717) is 24.0 Å². The number of hydrogen-bond acceptors (Lipinski definition) is 3. The van der Waals surface area contributed by atoms with E-state index in [0.717, 1.165) is 11.3 Å². The van der Waals surface area contributed by atoms with Crippen molar-refractivity contribution in [1.29, 1.82) is 0 Å². The van der Waals surface area contributed by atoms with Gasteiger partial charge in [0.25, 0.3) is 0 Å². The smallest absolute Gasteiger partial charge is 0.126 e. The second kappa shape index (κ2) is 6.60. The third-order valence-electron chi connectivity index (χ3n) is 6.08. The van der Waals surface area contributed by atoms with Crippen LogP contribution in [0.4, 0.5) is 4.39 Å². The summed E-state index contributed by atoms with van der Waals surface area (Å²) in [5.74, 6) is -0.285. The quantitative estimate of drug-likeness (QED) is 0.875. The van der Waals surface area contributed by atoms with Crippen LogP contribution < -0.4 is 0 Å². The lowest BCUT2D eigenvalue weighted by Gasteiger charge is -2.22. The lowest BCUT2D eigenvalue weighted by molar-refractivity contribution is 0.0946. The summed E-state index contributed by atoms with van der Waals surface area (Å²) >= 11 is 0. The number of fused-ring (bicyclic) bond motifs is 1. The molecule has 2 aromatic rings. The standard InChI is InChI=1S/C22H24FNO2/c1-12-7-8-24-21-16(12)5-6-17(21)18-9-15(11-20(18)25)22(26)14-4-3-13(2)19(23)10-14/h3-8,10,15,17-18,20,22,25-26H,9,11H2,1-2H3/t15-,17?,18-,20+,22+/m0/s1. The van der Waals surface area contributed by atoms with E-state index in [-0.39, 0.29) is 23.6 Å². The number of aromatic nitrogens is 1. The van der Waals surface area contributed by atoms with Crippen molar-refractivity contribution >= 4 is 6.08 Å². The van der Waals surface area contributed by atoms with Crippen molar-refractivity contribution in [2.45, 2.75) is 44.8 Å². The van der Waals surface area contributed by atoms with E-state index < -0.39 is 12.2 Å². The zero-order chi connectivity index (χ0) is 18.4. The molecule has 26 heavy (non-hydrogen) atoms. The van der Waals surface area contributed by atoms with Gasteiger partial charge in [-0.1, -0.05) is 24.3 Å². The van der Waals surface area contributed by atoms with Crippen LogP contribution in [0.25, 0.3) is 6.08 Å². The van der Waals surface area contributed by atoms with E-state index in [1.54, 1.807) is 19.1 Å². The molecular formula is C22H24FNO2. The molecule has 1 unspecified atom stereocenters. The van der Waals surface area contributed by atoms with Crippen LogP contribution in [-0.4, -0.2) is 21.3 Å². The lowest BCUT2D eigenvalue weighted by atomic mass is 9.86. The molecule has 136 valence electrons. The number of aliphatic hydroxyl groups is 2. The number of hydrogen-bond donors (Lipinski definition) is 2. The normalized spacial score (nSPS) is 28.3. The molecule has 1 heterocycles. The van der Waals surface area contributed by atoms with Crippen LogP contribution in [-0.2, 0) is 0 Å². The molecule has 0 spiro atoms. The summed E-state index contributed by atoms with van der Waals surface area (Å²) in [5, 5.41) is 21.4. The highest BCUT2D eigenvalue weighted by atomic mass is 19.1. The van der Waals surface area contributed by atoms with Crippen molar-refractivity contribution in [3.8, 4) is 0 Å². The molecular weight excluding hydrogens is 329 g/mol. The Morgan fingerprint density at radius 3 is 2.73 bits per heavy atom. The average molecular weight is 353 g/mol. The van der Waals surface area contributed by atoms with Crippen molar-refractivity contribution in [2.24, 2.45) is 11.8 Å². The molecule has 0 saturated heterocycles. The SMILES string of the molecule is Cc1ccc([C@@H](O)[C@@H]2C[C@@H](O)[C@H](C3C=Cc4c(C)ccnc43)C2)cc1F. The predicted octanol–water partition coefficient (Wildman–Crippen LogP) is 4.07. The lowest BCUT2D eigenvalue weighted by Crippen LogP contribution is -2.20. The van der Waals surface area contributed by atoms with Gasteiger partial charge in [-0.15, -0.1) is 0 Å². The molecule has 5 atom stereocenters. The Labute approximate surface area is 153 Å². The maximum atomic E-state index is 13.9. The Kier molecular flexibility index (Phi) is 4.41. The molecule has 2 aliphatic carbocycles. The van der Waals surface area contributed by atoms with Crippen LogP contribution in [0.1, 0.15) is 52.8 Å². The second-order valence-electron chi connectivity index (χ2n) is 7.73. The zero-order valence-electron chi connectivity index (χ0n) is 15.1. The van der Waals surface area contributed by atoms with Gasteiger partial charge in [-0.2, -0.15) is 0 Å². The highest BCUT2D eigenvalue weighted by Crippen LogP contribution is 2.48. The largest absolute Gasteiger partial charge is 0.393 e. The first-order valence-corrected chi connectivity index (χ1v) is 9.21. The van der Waals surface area contributed by atoms with E-state index in [1.807, 2.05) is 12.3 Å². The Morgan fingerprint density at radius 1 is 1.15 bits per heavy atom. The van der Waals surface area contributed by atoms with E-state index in [9.17, 15) is 14.6 Å². The molecule has 0 radical (unpaired) electrons. The average Bonchev–Trinajstić information content (AvgIpc) is 3.21. The molecule has 0 aliphatic heterocycles. The van der Waals surface area contributed by atoms with Gasteiger partial charge in [0.1, 0.15) is 5.82 Å². The first-order valence-electron chi connectivity index (χ1n) is 9.21. The maximum Gasteiger partial charge on any atom is 0.126 e. The fraction of sp³-hybridized carbons (Fsp3) is 0.409. The van der Waals surface area contributed by atoms with E-state index in [1.165, 1.54) is 11.6 Å². The molecule has 2 aliphatic rings. The third-order valence-corrected chi connectivity index (χ3v) is 6.08. The van der Waals surface area contributed by atoms with Crippen LogP contribution in [0.3, 0.4) is 0 Å². The van der Waals surface area contributed by atoms with Crippen LogP contribution in [0, 0.1) is 31.5 Å². The van der Waals surface area contributed by atoms with Gasteiger partial charge >= 0.3 is 0 Å². The third kappa shape index (κ3) is 2.87. The summed E-state index contributed by atoms with van der Waals surface area (Å²) in [6.45, 7) is 3.77. The van der Waals surface area contributed by atoms with Gasteiger partial charge in [0.15, 0.2) is 0 Å². The Bertz CT molecular complexity index is 863. The predicted molar refractivity (Wildman–Crippen MR) is 99.1 cm³/mol. The Morgan fingerprint density at radius 2 is 1.96 bits per heavy atom. The summed E-state index contributed by atoms with van der Waals surface area (Å²) in [6, 6.07) is 6.88. The number of aliphatic hydroxyl groups excluding tert-OH is 2. The van der Waals surface area contributed by atoms with Gasteiger partial charge < -0.3 is 10.2 Å². The Balaban J connectivity index is 1.55. The molecule has 4 rings (SSSR count). The number of pyridine rings is 1. The topological polar surface area (TPSA) is 53.4 Å². The summed E-state index contributed by atoms with van der Waals surface area (Å²) < 4.78 is 13.9. The number of nitrogens with zero attached hydrogens (tertiary/aromatic N) is 1. The van der Waals surface area contributed by atoms with Gasteiger partial charge in [-0.25, -0.2) is 4.39 Å². The molecule has 1 fully saturated rings. The monoisotopic (exact) mass is 353 g/mol. The molecule has 4 heteroatoms.